The van der Waals surface area contributed by atoms with Gasteiger partial charge in [0.2, 0.25) is 5.91 Å². The molecule has 0 fully saturated rings. The minimum atomic E-state index is -0.170. The van der Waals surface area contributed by atoms with E-state index in [1.54, 1.807) is 17.7 Å². The maximum Gasteiger partial charge on any atom is 0.235 e. The number of nitrogens with one attached hydrogen (secondary N) is 1. The summed E-state index contributed by atoms with van der Waals surface area (Å²) in [5.74, 6) is -0.162. The van der Waals surface area contributed by atoms with Gasteiger partial charge in [0.05, 0.1) is 17.9 Å². The average molecular weight is 366 g/mol. The number of carbonyl (C=O) groups excluding carboxylic acids is 1. The minimum absolute atomic E-state index is 0.00797. The van der Waals surface area contributed by atoms with Gasteiger partial charge in [-0.2, -0.15) is 0 Å². The topological polar surface area (TPSA) is 59.8 Å². The molecule has 1 N–H and O–H groups in total. The Morgan fingerprint density at radius 3 is 2.96 bits per heavy atom. The van der Waals surface area contributed by atoms with E-state index >= 15 is 0 Å². The highest BCUT2D eigenvalue weighted by atomic mass is 32.1. The van der Waals surface area contributed by atoms with Crippen LogP contribution in [0.3, 0.4) is 0 Å². The summed E-state index contributed by atoms with van der Waals surface area (Å²) < 4.78 is 2.03. The van der Waals surface area contributed by atoms with Crippen LogP contribution in [0, 0.1) is 0 Å². The molecule has 134 valence electrons. The number of hydrogen-bond donors (Lipinski definition) is 1. The van der Waals surface area contributed by atoms with Gasteiger partial charge >= 0.3 is 0 Å². The Bertz CT molecular complexity index is 900. The quantitative estimate of drug-likeness (QED) is 0.749. The number of imidazole rings is 1. The molecule has 1 amide bonds. The number of rotatable bonds is 5. The van der Waals surface area contributed by atoms with Gasteiger partial charge in [-0.05, 0) is 37.7 Å². The van der Waals surface area contributed by atoms with Gasteiger partial charge in [-0.1, -0.05) is 30.3 Å². The van der Waals surface area contributed by atoms with Gasteiger partial charge in [-0.3, -0.25) is 4.79 Å². The van der Waals surface area contributed by atoms with Gasteiger partial charge in [0, 0.05) is 23.8 Å². The van der Waals surface area contributed by atoms with E-state index in [2.05, 4.69) is 39.6 Å². The molecule has 1 aliphatic rings. The number of hydrogen-bond acceptors (Lipinski definition) is 4. The van der Waals surface area contributed by atoms with Crippen molar-refractivity contribution < 1.29 is 4.79 Å². The van der Waals surface area contributed by atoms with E-state index in [4.69, 9.17) is 0 Å². The van der Waals surface area contributed by atoms with Gasteiger partial charge in [-0.15, -0.1) is 11.3 Å². The molecule has 0 saturated heterocycles. The molecule has 1 atom stereocenters. The van der Waals surface area contributed by atoms with Crippen molar-refractivity contribution in [1.82, 2.24) is 14.5 Å². The predicted molar refractivity (Wildman–Crippen MR) is 103 cm³/mol. The molecule has 3 aromatic rings. The van der Waals surface area contributed by atoms with Crippen LogP contribution in [0.4, 0.5) is 5.13 Å². The highest BCUT2D eigenvalue weighted by molar-refractivity contribution is 7.15. The average Bonchev–Trinajstić information content (AvgIpc) is 3.27. The first-order chi connectivity index (χ1) is 12.7. The summed E-state index contributed by atoms with van der Waals surface area (Å²) in [5, 5.41) is 3.68. The Kier molecular flexibility index (Phi) is 4.84. The second-order valence-electron chi connectivity index (χ2n) is 6.74. The molecule has 1 unspecified atom stereocenters. The monoisotopic (exact) mass is 366 g/mol. The van der Waals surface area contributed by atoms with Crippen molar-refractivity contribution in [2.75, 3.05) is 5.32 Å². The molecule has 5 nitrogen and oxygen atoms in total. The molecule has 1 aliphatic carbocycles. The lowest BCUT2D eigenvalue weighted by atomic mass is 9.89. The Balaban J connectivity index is 1.39. The SMILES string of the molecule is Cn1cnc2c1CCCC2C(=O)Nc1ncc(CCc2ccccc2)s1. The molecule has 6 heteroatoms. The zero-order valence-corrected chi connectivity index (χ0v) is 15.6. The fourth-order valence-electron chi connectivity index (χ4n) is 3.52. The van der Waals surface area contributed by atoms with E-state index in [1.807, 2.05) is 23.9 Å². The zero-order valence-electron chi connectivity index (χ0n) is 14.8. The van der Waals surface area contributed by atoms with Crippen molar-refractivity contribution >= 4 is 22.4 Å². The number of nitrogens with zero attached hydrogens (tertiary/aromatic N) is 3. The largest absolute Gasteiger partial charge is 0.337 e. The summed E-state index contributed by atoms with van der Waals surface area (Å²) in [6.45, 7) is 0. The Morgan fingerprint density at radius 2 is 2.12 bits per heavy atom. The van der Waals surface area contributed by atoms with Crippen LogP contribution in [-0.4, -0.2) is 20.4 Å². The third kappa shape index (κ3) is 3.55. The predicted octanol–water partition coefficient (Wildman–Crippen LogP) is 3.72. The van der Waals surface area contributed by atoms with Crippen LogP contribution < -0.4 is 5.32 Å². The molecule has 0 aliphatic heterocycles. The number of aromatic nitrogens is 3. The number of fused-ring (bicyclic) bond motifs is 1. The third-order valence-corrected chi connectivity index (χ3v) is 5.90. The summed E-state index contributed by atoms with van der Waals surface area (Å²) >= 11 is 1.56. The van der Waals surface area contributed by atoms with Gasteiger partial charge in [0.25, 0.3) is 0 Å². The molecular formula is C20H22N4OS. The van der Waals surface area contributed by atoms with E-state index in [9.17, 15) is 4.79 Å². The molecule has 4 rings (SSSR count). The number of amides is 1. The van der Waals surface area contributed by atoms with Crippen LogP contribution in [0.25, 0.3) is 0 Å². The Hall–Kier alpha value is -2.47. The molecular weight excluding hydrogens is 344 g/mol. The van der Waals surface area contributed by atoms with Gasteiger partial charge in [0.15, 0.2) is 5.13 Å². The van der Waals surface area contributed by atoms with Crippen molar-refractivity contribution in [3.8, 4) is 0 Å². The minimum Gasteiger partial charge on any atom is -0.337 e. The summed E-state index contributed by atoms with van der Waals surface area (Å²) in [4.78, 5) is 22.8. The molecule has 0 spiro atoms. The van der Waals surface area contributed by atoms with Crippen LogP contribution >= 0.6 is 11.3 Å². The van der Waals surface area contributed by atoms with Crippen LogP contribution in [-0.2, 0) is 31.1 Å². The van der Waals surface area contributed by atoms with E-state index < -0.39 is 0 Å². The van der Waals surface area contributed by atoms with Crippen molar-refractivity contribution in [1.29, 1.82) is 0 Å². The van der Waals surface area contributed by atoms with Crippen molar-refractivity contribution in [2.24, 2.45) is 7.05 Å². The molecule has 26 heavy (non-hydrogen) atoms. The first-order valence-electron chi connectivity index (χ1n) is 9.00. The molecule has 2 heterocycles. The van der Waals surface area contributed by atoms with Crippen LogP contribution in [0.5, 0.6) is 0 Å². The number of carbonyl (C=O) groups is 1. The number of anilines is 1. The van der Waals surface area contributed by atoms with Crippen LogP contribution in [0.2, 0.25) is 0 Å². The third-order valence-electron chi connectivity index (χ3n) is 4.93. The highest BCUT2D eigenvalue weighted by Crippen LogP contribution is 2.31. The van der Waals surface area contributed by atoms with Crippen molar-refractivity contribution in [3.63, 3.8) is 0 Å². The fraction of sp³-hybridized carbons (Fsp3) is 0.350. The van der Waals surface area contributed by atoms with Crippen LogP contribution in [0.1, 0.15) is 40.6 Å². The first kappa shape index (κ1) is 17.0. The Morgan fingerprint density at radius 1 is 1.27 bits per heavy atom. The lowest BCUT2D eigenvalue weighted by molar-refractivity contribution is -0.118. The van der Waals surface area contributed by atoms with E-state index in [1.165, 1.54) is 16.1 Å². The molecule has 0 saturated carbocycles. The van der Waals surface area contributed by atoms with Gasteiger partial charge in [-0.25, -0.2) is 9.97 Å². The molecule has 0 bridgehead atoms. The second kappa shape index (κ2) is 7.41. The smallest absolute Gasteiger partial charge is 0.235 e. The maximum atomic E-state index is 12.7. The summed E-state index contributed by atoms with van der Waals surface area (Å²) in [5.41, 5.74) is 3.42. The lowest BCUT2D eigenvalue weighted by Crippen LogP contribution is -2.25. The second-order valence-corrected chi connectivity index (χ2v) is 7.85. The fourth-order valence-corrected chi connectivity index (χ4v) is 4.34. The van der Waals surface area contributed by atoms with E-state index in [-0.39, 0.29) is 11.8 Å². The van der Waals surface area contributed by atoms with Crippen LogP contribution in [0.15, 0.2) is 42.9 Å². The van der Waals surface area contributed by atoms with Crippen molar-refractivity contribution in [3.05, 3.63) is 64.7 Å². The van der Waals surface area contributed by atoms with Gasteiger partial charge < -0.3 is 9.88 Å². The van der Waals surface area contributed by atoms with E-state index in [0.717, 1.165) is 37.8 Å². The lowest BCUT2D eigenvalue weighted by Gasteiger charge is -2.20. The van der Waals surface area contributed by atoms with E-state index in [0.29, 0.717) is 5.13 Å². The molecule has 0 radical (unpaired) electrons. The summed E-state index contributed by atoms with van der Waals surface area (Å²) in [6, 6.07) is 10.4. The molecule has 1 aromatic carbocycles. The van der Waals surface area contributed by atoms with Gasteiger partial charge in [0.1, 0.15) is 0 Å². The zero-order chi connectivity index (χ0) is 17.9. The summed E-state index contributed by atoms with van der Waals surface area (Å²) in [6.07, 6.45) is 8.46. The maximum absolute atomic E-state index is 12.7. The first-order valence-corrected chi connectivity index (χ1v) is 9.82. The number of thiazole rings is 1. The number of benzene rings is 1. The summed E-state index contributed by atoms with van der Waals surface area (Å²) in [7, 11) is 1.99. The normalized spacial score (nSPS) is 16.3. The standard InChI is InChI=1S/C20H22N4OS/c1-24-13-22-18-16(8-5-9-17(18)24)19(25)23-20-21-12-15(26-20)11-10-14-6-3-2-4-7-14/h2-4,6-7,12-13,16H,5,8-11H2,1H3,(H,21,23,25). The van der Waals surface area contributed by atoms with Crippen molar-refractivity contribution in [2.45, 2.75) is 38.0 Å². The Labute approximate surface area is 157 Å². The molecule has 2 aromatic heterocycles. The highest BCUT2D eigenvalue weighted by Gasteiger charge is 2.30. The number of aryl methyl sites for hydroxylation is 3.